The van der Waals surface area contributed by atoms with Crippen molar-refractivity contribution in [2.75, 3.05) is 38.2 Å². The predicted octanol–water partition coefficient (Wildman–Crippen LogP) is 3.63. The van der Waals surface area contributed by atoms with E-state index in [1.54, 1.807) is 18.7 Å². The smallest absolute Gasteiger partial charge is 0.255 e. The molecular formula is C29H33N5O3. The number of carbonyl (C=O) groups excluding carboxylic acids is 1. The molecule has 1 aliphatic rings. The Morgan fingerprint density at radius 1 is 0.973 bits per heavy atom. The minimum absolute atomic E-state index is 0.0733. The van der Waals surface area contributed by atoms with Crippen molar-refractivity contribution in [2.24, 2.45) is 7.05 Å². The van der Waals surface area contributed by atoms with Crippen molar-refractivity contribution in [3.63, 3.8) is 0 Å². The molecule has 1 aliphatic heterocycles. The van der Waals surface area contributed by atoms with Crippen molar-refractivity contribution < 1.29 is 9.53 Å². The number of ether oxygens (including phenoxy) is 1. The normalized spacial score (nSPS) is 13.8. The Balaban J connectivity index is 1.32. The number of benzene rings is 2. The number of anilines is 1. The van der Waals surface area contributed by atoms with Gasteiger partial charge in [-0.2, -0.15) is 5.10 Å². The highest BCUT2D eigenvalue weighted by atomic mass is 16.5. The van der Waals surface area contributed by atoms with Gasteiger partial charge in [0.1, 0.15) is 11.4 Å². The summed E-state index contributed by atoms with van der Waals surface area (Å²) in [6.45, 7) is 6.73. The van der Waals surface area contributed by atoms with Crippen LogP contribution in [0.4, 0.5) is 5.69 Å². The number of rotatable bonds is 6. The lowest BCUT2D eigenvalue weighted by Crippen LogP contribution is -2.49. The van der Waals surface area contributed by atoms with Crippen LogP contribution < -0.4 is 15.2 Å². The van der Waals surface area contributed by atoms with Gasteiger partial charge in [-0.05, 0) is 50.1 Å². The molecule has 4 aromatic rings. The van der Waals surface area contributed by atoms with Gasteiger partial charge in [0.2, 0.25) is 5.91 Å². The van der Waals surface area contributed by atoms with Gasteiger partial charge in [0, 0.05) is 50.6 Å². The zero-order valence-corrected chi connectivity index (χ0v) is 21.9. The van der Waals surface area contributed by atoms with Crippen molar-refractivity contribution in [2.45, 2.75) is 26.7 Å². The molecule has 37 heavy (non-hydrogen) atoms. The van der Waals surface area contributed by atoms with Crippen molar-refractivity contribution >= 4 is 22.6 Å². The van der Waals surface area contributed by atoms with Crippen LogP contribution in [0.2, 0.25) is 0 Å². The lowest BCUT2D eigenvalue weighted by molar-refractivity contribution is -0.131. The zero-order chi connectivity index (χ0) is 26.1. The molecule has 1 fully saturated rings. The molecule has 0 N–H and O–H groups in total. The lowest BCUT2D eigenvalue weighted by Gasteiger charge is -2.36. The molecule has 0 aliphatic carbocycles. The Bertz CT molecular complexity index is 1500. The van der Waals surface area contributed by atoms with Crippen LogP contribution in [0, 0.1) is 13.8 Å². The molecule has 2 aromatic heterocycles. The minimum atomic E-state index is -0.0733. The number of amides is 1. The quantitative estimate of drug-likeness (QED) is 0.405. The van der Waals surface area contributed by atoms with E-state index < -0.39 is 0 Å². The number of pyridine rings is 1. The highest BCUT2D eigenvalue weighted by Crippen LogP contribution is 2.29. The molecule has 2 aromatic carbocycles. The van der Waals surface area contributed by atoms with Crippen molar-refractivity contribution in [3.05, 3.63) is 81.8 Å². The molecule has 1 saturated heterocycles. The number of hydrogen-bond acceptors (Lipinski definition) is 5. The Hall–Kier alpha value is -4.07. The largest absolute Gasteiger partial charge is 0.495 e. The van der Waals surface area contributed by atoms with Gasteiger partial charge in [-0.15, -0.1) is 0 Å². The maximum atomic E-state index is 13.4. The Morgan fingerprint density at radius 2 is 1.65 bits per heavy atom. The van der Waals surface area contributed by atoms with E-state index in [0.29, 0.717) is 31.5 Å². The fourth-order valence-electron chi connectivity index (χ4n) is 5.40. The van der Waals surface area contributed by atoms with E-state index in [1.165, 1.54) is 0 Å². The average Bonchev–Trinajstić information content (AvgIpc) is 3.29. The standard InChI is InChI=1S/C29H33N5O3/c1-20-23(29(36)31(3)28-27(20)21(2)30-34(28)22-10-6-5-7-11-22)14-15-26(35)33-18-16-32(17-19-33)24-12-8-9-13-25(24)37-4/h5-13H,14-19H2,1-4H3. The van der Waals surface area contributed by atoms with Gasteiger partial charge in [0.25, 0.3) is 5.56 Å². The summed E-state index contributed by atoms with van der Waals surface area (Å²) >= 11 is 0. The number of fused-ring (bicyclic) bond motifs is 1. The molecular weight excluding hydrogens is 466 g/mol. The number of para-hydroxylation sites is 3. The van der Waals surface area contributed by atoms with E-state index in [9.17, 15) is 9.59 Å². The van der Waals surface area contributed by atoms with Crippen LogP contribution >= 0.6 is 0 Å². The second-order valence-corrected chi connectivity index (χ2v) is 9.54. The van der Waals surface area contributed by atoms with Crippen LogP contribution in [0.3, 0.4) is 0 Å². The number of piperazine rings is 1. The molecule has 0 unspecified atom stereocenters. The summed E-state index contributed by atoms with van der Waals surface area (Å²) in [5.74, 6) is 0.924. The Kier molecular flexibility index (Phi) is 6.74. The molecule has 8 heteroatoms. The zero-order valence-electron chi connectivity index (χ0n) is 21.9. The summed E-state index contributed by atoms with van der Waals surface area (Å²) in [6.07, 6.45) is 0.720. The van der Waals surface area contributed by atoms with Crippen LogP contribution in [-0.4, -0.2) is 58.4 Å². The van der Waals surface area contributed by atoms with E-state index in [1.807, 2.05) is 78.0 Å². The minimum Gasteiger partial charge on any atom is -0.495 e. The summed E-state index contributed by atoms with van der Waals surface area (Å²) in [5, 5.41) is 5.72. The van der Waals surface area contributed by atoms with E-state index in [-0.39, 0.29) is 11.5 Å². The van der Waals surface area contributed by atoms with Crippen molar-refractivity contribution in [3.8, 4) is 11.4 Å². The fourth-order valence-corrected chi connectivity index (χ4v) is 5.40. The summed E-state index contributed by atoms with van der Waals surface area (Å²) in [6, 6.07) is 17.8. The van der Waals surface area contributed by atoms with Gasteiger partial charge in [-0.25, -0.2) is 4.68 Å². The molecule has 1 amide bonds. The van der Waals surface area contributed by atoms with E-state index in [0.717, 1.165) is 52.5 Å². The second-order valence-electron chi connectivity index (χ2n) is 9.54. The van der Waals surface area contributed by atoms with Gasteiger partial charge >= 0.3 is 0 Å². The van der Waals surface area contributed by atoms with Gasteiger partial charge < -0.3 is 14.5 Å². The molecule has 0 saturated carbocycles. The summed E-state index contributed by atoms with van der Waals surface area (Å²) < 4.78 is 8.99. The maximum absolute atomic E-state index is 13.4. The molecule has 5 rings (SSSR count). The van der Waals surface area contributed by atoms with Gasteiger partial charge in [0.05, 0.1) is 24.2 Å². The van der Waals surface area contributed by atoms with Crippen LogP contribution in [0.25, 0.3) is 16.7 Å². The van der Waals surface area contributed by atoms with Crippen LogP contribution in [0.5, 0.6) is 5.75 Å². The number of carbonyl (C=O) groups is 1. The number of methoxy groups -OCH3 is 1. The molecule has 0 radical (unpaired) electrons. The van der Waals surface area contributed by atoms with Crippen LogP contribution in [-0.2, 0) is 18.3 Å². The van der Waals surface area contributed by atoms with Crippen LogP contribution in [0.15, 0.2) is 59.4 Å². The third-order valence-corrected chi connectivity index (χ3v) is 7.39. The van der Waals surface area contributed by atoms with E-state index in [2.05, 4.69) is 4.90 Å². The first-order chi connectivity index (χ1) is 17.9. The molecule has 192 valence electrons. The number of aromatic nitrogens is 3. The predicted molar refractivity (Wildman–Crippen MR) is 146 cm³/mol. The summed E-state index contributed by atoms with van der Waals surface area (Å²) in [5.41, 5.74) is 5.12. The lowest BCUT2D eigenvalue weighted by atomic mass is 10.0. The first-order valence-electron chi connectivity index (χ1n) is 12.7. The average molecular weight is 500 g/mol. The monoisotopic (exact) mass is 499 g/mol. The number of nitrogens with zero attached hydrogens (tertiary/aromatic N) is 5. The number of hydrogen-bond donors (Lipinski definition) is 0. The van der Waals surface area contributed by atoms with E-state index >= 15 is 0 Å². The Labute approximate surface area is 216 Å². The molecule has 3 heterocycles. The van der Waals surface area contributed by atoms with Crippen LogP contribution in [0.1, 0.15) is 23.2 Å². The topological polar surface area (TPSA) is 72.6 Å². The molecule has 0 spiro atoms. The Morgan fingerprint density at radius 3 is 2.35 bits per heavy atom. The third-order valence-electron chi connectivity index (χ3n) is 7.39. The highest BCUT2D eigenvalue weighted by molar-refractivity contribution is 5.85. The summed E-state index contributed by atoms with van der Waals surface area (Å²) in [7, 11) is 3.46. The van der Waals surface area contributed by atoms with Gasteiger partial charge in [0.15, 0.2) is 0 Å². The van der Waals surface area contributed by atoms with Gasteiger partial charge in [-0.3, -0.25) is 14.2 Å². The fraction of sp³-hybridized carbons (Fsp3) is 0.345. The molecule has 0 bridgehead atoms. The SMILES string of the molecule is COc1ccccc1N1CCN(C(=O)CCc2c(C)c3c(C)nn(-c4ccccc4)c3n(C)c2=O)CC1. The molecule has 0 atom stereocenters. The second kappa shape index (κ2) is 10.1. The highest BCUT2D eigenvalue weighted by Gasteiger charge is 2.24. The van der Waals surface area contributed by atoms with Gasteiger partial charge in [-0.1, -0.05) is 30.3 Å². The first-order valence-corrected chi connectivity index (χ1v) is 12.7. The van der Waals surface area contributed by atoms with E-state index in [4.69, 9.17) is 9.84 Å². The molecule has 8 nitrogen and oxygen atoms in total. The first kappa shape index (κ1) is 24.6. The summed E-state index contributed by atoms with van der Waals surface area (Å²) in [4.78, 5) is 30.7. The number of aryl methyl sites for hydroxylation is 3. The maximum Gasteiger partial charge on any atom is 0.255 e. The van der Waals surface area contributed by atoms with Crippen molar-refractivity contribution in [1.29, 1.82) is 0 Å². The third kappa shape index (κ3) is 4.48. The van der Waals surface area contributed by atoms with Crippen molar-refractivity contribution in [1.82, 2.24) is 19.2 Å².